The molecule has 2 aromatic carbocycles. The largest absolute Gasteiger partial charge is 0.462 e. The molecular weight excluding hydrogens is 244 g/mol. The lowest BCUT2D eigenvalue weighted by molar-refractivity contribution is -0.142. The van der Waals surface area contributed by atoms with Gasteiger partial charge in [0.05, 0.1) is 5.56 Å². The van der Waals surface area contributed by atoms with E-state index in [1.165, 1.54) is 6.92 Å². The summed E-state index contributed by atoms with van der Waals surface area (Å²) in [6.07, 6.45) is 0. The zero-order chi connectivity index (χ0) is 13.7. The van der Waals surface area contributed by atoms with Crippen LogP contribution in [0.3, 0.4) is 0 Å². The van der Waals surface area contributed by atoms with E-state index in [-0.39, 0.29) is 19.2 Å². The van der Waals surface area contributed by atoms with Crippen LogP contribution in [0.1, 0.15) is 17.3 Å². The summed E-state index contributed by atoms with van der Waals surface area (Å²) < 4.78 is 9.77. The monoisotopic (exact) mass is 258 g/mol. The minimum Gasteiger partial charge on any atom is -0.462 e. The molecule has 0 spiro atoms. The first-order chi connectivity index (χ1) is 9.18. The summed E-state index contributed by atoms with van der Waals surface area (Å²) in [5.41, 5.74) is 0.515. The predicted molar refractivity (Wildman–Crippen MR) is 70.9 cm³/mol. The summed E-state index contributed by atoms with van der Waals surface area (Å²) in [6.45, 7) is 1.44. The van der Waals surface area contributed by atoms with E-state index in [1.807, 2.05) is 36.4 Å². The third-order valence-corrected chi connectivity index (χ3v) is 2.63. The van der Waals surface area contributed by atoms with E-state index >= 15 is 0 Å². The van der Waals surface area contributed by atoms with Crippen molar-refractivity contribution in [3.63, 3.8) is 0 Å². The van der Waals surface area contributed by atoms with Crippen molar-refractivity contribution in [1.29, 1.82) is 0 Å². The van der Waals surface area contributed by atoms with E-state index in [4.69, 9.17) is 9.47 Å². The van der Waals surface area contributed by atoms with Crippen molar-refractivity contribution < 1.29 is 19.1 Å². The molecule has 4 nitrogen and oxygen atoms in total. The van der Waals surface area contributed by atoms with Crippen LogP contribution >= 0.6 is 0 Å². The van der Waals surface area contributed by atoms with Gasteiger partial charge in [0.2, 0.25) is 0 Å². The molecule has 0 N–H and O–H groups in total. The third kappa shape index (κ3) is 3.31. The minimum absolute atomic E-state index is 0.0572. The van der Waals surface area contributed by atoms with Crippen molar-refractivity contribution in [2.75, 3.05) is 13.2 Å². The topological polar surface area (TPSA) is 52.6 Å². The number of ether oxygens (including phenoxy) is 2. The normalized spacial score (nSPS) is 10.2. The lowest BCUT2D eigenvalue weighted by Gasteiger charge is -2.07. The summed E-state index contributed by atoms with van der Waals surface area (Å²) in [5.74, 6) is -0.801. The first-order valence-corrected chi connectivity index (χ1v) is 5.97. The van der Waals surface area contributed by atoms with Gasteiger partial charge in [0.25, 0.3) is 0 Å². The highest BCUT2D eigenvalue weighted by Crippen LogP contribution is 2.19. The average Bonchev–Trinajstić information content (AvgIpc) is 2.42. The summed E-state index contributed by atoms with van der Waals surface area (Å²) in [5, 5.41) is 1.83. The second-order valence-electron chi connectivity index (χ2n) is 4.00. The Labute approximate surface area is 110 Å². The molecule has 0 atom stereocenters. The van der Waals surface area contributed by atoms with Crippen LogP contribution in [0.25, 0.3) is 10.8 Å². The fourth-order valence-electron chi connectivity index (χ4n) is 1.80. The molecule has 0 fully saturated rings. The lowest BCUT2D eigenvalue weighted by atomic mass is 10.1. The van der Waals surface area contributed by atoms with E-state index < -0.39 is 5.97 Å². The maximum atomic E-state index is 11.9. The van der Waals surface area contributed by atoms with Crippen LogP contribution in [-0.2, 0) is 14.3 Å². The van der Waals surface area contributed by atoms with Gasteiger partial charge in [0, 0.05) is 6.92 Å². The Morgan fingerprint density at radius 3 is 2.42 bits per heavy atom. The van der Waals surface area contributed by atoms with Crippen molar-refractivity contribution in [3.8, 4) is 0 Å². The highest BCUT2D eigenvalue weighted by atomic mass is 16.6. The molecule has 0 saturated carbocycles. The standard InChI is InChI=1S/C15H14O4/c1-11(16)18-9-10-19-15(17)14-8-4-6-12-5-2-3-7-13(12)14/h2-8H,9-10H2,1H3. The molecule has 2 rings (SSSR count). The van der Waals surface area contributed by atoms with Gasteiger partial charge in [-0.2, -0.15) is 0 Å². The molecule has 0 unspecified atom stereocenters. The van der Waals surface area contributed by atoms with Crippen LogP contribution in [0, 0.1) is 0 Å². The molecule has 0 saturated heterocycles. The molecular formula is C15H14O4. The van der Waals surface area contributed by atoms with Crippen molar-refractivity contribution in [1.82, 2.24) is 0 Å². The molecule has 0 radical (unpaired) electrons. The van der Waals surface area contributed by atoms with Crippen LogP contribution < -0.4 is 0 Å². The molecule has 0 aromatic heterocycles. The van der Waals surface area contributed by atoms with Gasteiger partial charge >= 0.3 is 11.9 Å². The summed E-state index contributed by atoms with van der Waals surface area (Å²) in [4.78, 5) is 22.5. The molecule has 4 heteroatoms. The van der Waals surface area contributed by atoms with Crippen molar-refractivity contribution in [2.45, 2.75) is 6.92 Å². The van der Waals surface area contributed by atoms with Gasteiger partial charge in [-0.05, 0) is 16.8 Å². The predicted octanol–water partition coefficient (Wildman–Crippen LogP) is 2.56. The fraction of sp³-hybridized carbons (Fsp3) is 0.200. The van der Waals surface area contributed by atoms with Gasteiger partial charge in [-0.15, -0.1) is 0 Å². The minimum atomic E-state index is -0.413. The van der Waals surface area contributed by atoms with E-state index in [0.29, 0.717) is 5.56 Å². The Bertz CT molecular complexity index is 599. The molecule has 98 valence electrons. The van der Waals surface area contributed by atoms with Crippen LogP contribution in [0.4, 0.5) is 0 Å². The number of rotatable bonds is 4. The molecule has 0 aliphatic heterocycles. The quantitative estimate of drug-likeness (QED) is 0.624. The maximum Gasteiger partial charge on any atom is 0.338 e. The number of hydrogen-bond acceptors (Lipinski definition) is 4. The molecule has 0 amide bonds. The maximum absolute atomic E-state index is 11.9. The molecule has 0 heterocycles. The van der Waals surface area contributed by atoms with Gasteiger partial charge in [0.15, 0.2) is 0 Å². The van der Waals surface area contributed by atoms with Crippen LogP contribution in [-0.4, -0.2) is 25.2 Å². The van der Waals surface area contributed by atoms with E-state index in [2.05, 4.69) is 0 Å². The number of carbonyl (C=O) groups is 2. The number of esters is 2. The van der Waals surface area contributed by atoms with Crippen molar-refractivity contribution >= 4 is 22.7 Å². The highest BCUT2D eigenvalue weighted by Gasteiger charge is 2.10. The summed E-state index contributed by atoms with van der Waals surface area (Å²) >= 11 is 0. The molecule has 0 bridgehead atoms. The first kappa shape index (κ1) is 13.1. The van der Waals surface area contributed by atoms with Crippen LogP contribution in [0.5, 0.6) is 0 Å². The molecule has 0 aliphatic carbocycles. The third-order valence-electron chi connectivity index (χ3n) is 2.63. The Hall–Kier alpha value is -2.36. The number of benzene rings is 2. The number of carbonyl (C=O) groups excluding carboxylic acids is 2. The SMILES string of the molecule is CC(=O)OCCOC(=O)c1cccc2ccccc12. The summed E-state index contributed by atoms with van der Waals surface area (Å²) in [6, 6.07) is 13.1. The van der Waals surface area contributed by atoms with Crippen molar-refractivity contribution in [3.05, 3.63) is 48.0 Å². The van der Waals surface area contributed by atoms with Crippen LogP contribution in [0.15, 0.2) is 42.5 Å². The lowest BCUT2D eigenvalue weighted by Crippen LogP contribution is -2.12. The van der Waals surface area contributed by atoms with Gasteiger partial charge in [-0.25, -0.2) is 4.79 Å². The zero-order valence-corrected chi connectivity index (χ0v) is 10.6. The van der Waals surface area contributed by atoms with Crippen LogP contribution in [0.2, 0.25) is 0 Å². The Kier molecular flexibility index (Phi) is 4.13. The first-order valence-electron chi connectivity index (χ1n) is 5.97. The van der Waals surface area contributed by atoms with Gasteiger partial charge < -0.3 is 9.47 Å². The second kappa shape index (κ2) is 6.00. The number of hydrogen-bond donors (Lipinski definition) is 0. The van der Waals surface area contributed by atoms with Gasteiger partial charge in [-0.1, -0.05) is 36.4 Å². The smallest absolute Gasteiger partial charge is 0.338 e. The number of fused-ring (bicyclic) bond motifs is 1. The zero-order valence-electron chi connectivity index (χ0n) is 10.6. The second-order valence-corrected chi connectivity index (χ2v) is 4.00. The van der Waals surface area contributed by atoms with E-state index in [9.17, 15) is 9.59 Å². The highest BCUT2D eigenvalue weighted by molar-refractivity contribution is 6.04. The van der Waals surface area contributed by atoms with Gasteiger partial charge in [-0.3, -0.25) is 4.79 Å². The van der Waals surface area contributed by atoms with E-state index in [1.54, 1.807) is 6.07 Å². The Morgan fingerprint density at radius 1 is 0.947 bits per heavy atom. The molecule has 0 aliphatic rings. The van der Waals surface area contributed by atoms with Crippen molar-refractivity contribution in [2.24, 2.45) is 0 Å². The Morgan fingerprint density at radius 2 is 1.63 bits per heavy atom. The Balaban J connectivity index is 2.07. The molecule has 2 aromatic rings. The van der Waals surface area contributed by atoms with E-state index in [0.717, 1.165) is 10.8 Å². The molecule has 19 heavy (non-hydrogen) atoms. The van der Waals surface area contributed by atoms with Gasteiger partial charge in [0.1, 0.15) is 13.2 Å². The fourth-order valence-corrected chi connectivity index (χ4v) is 1.80. The average molecular weight is 258 g/mol. The summed E-state index contributed by atoms with van der Waals surface area (Å²) in [7, 11) is 0.